The van der Waals surface area contributed by atoms with Crippen molar-refractivity contribution >= 4 is 16.9 Å². The van der Waals surface area contributed by atoms with Crippen molar-refractivity contribution in [1.29, 1.82) is 0 Å². The Morgan fingerprint density at radius 1 is 1.26 bits per heavy atom. The Hall–Kier alpha value is -3.54. The summed E-state index contributed by atoms with van der Waals surface area (Å²) in [6.07, 6.45) is 8.19. The Balaban J connectivity index is 1.39. The average molecular weight is 475 g/mol. The molecule has 0 amide bonds. The van der Waals surface area contributed by atoms with Gasteiger partial charge >= 0.3 is 5.97 Å². The minimum atomic E-state index is -0.790. The van der Waals surface area contributed by atoms with Gasteiger partial charge < -0.3 is 14.9 Å². The van der Waals surface area contributed by atoms with Crippen molar-refractivity contribution in [2.24, 2.45) is 11.8 Å². The number of rotatable bonds is 8. The van der Waals surface area contributed by atoms with Crippen molar-refractivity contribution in [3.63, 3.8) is 0 Å². The molecule has 0 aliphatic carbocycles. The van der Waals surface area contributed by atoms with Crippen LogP contribution in [0.4, 0.5) is 0 Å². The number of fused-ring (bicyclic) bond motifs is 1. The smallest absolute Gasteiger partial charge is 0.303 e. The summed E-state index contributed by atoms with van der Waals surface area (Å²) in [5.74, 6) is 6.39. The molecular formula is C27H30N4O4. The minimum Gasteiger partial charge on any atom is -0.497 e. The molecule has 1 aliphatic rings. The van der Waals surface area contributed by atoms with Crippen LogP contribution in [-0.2, 0) is 4.79 Å². The average Bonchev–Trinajstić information content (AvgIpc) is 2.87. The van der Waals surface area contributed by atoms with Crippen LogP contribution in [-0.4, -0.2) is 62.8 Å². The van der Waals surface area contributed by atoms with Crippen LogP contribution in [0.15, 0.2) is 49.2 Å². The summed E-state index contributed by atoms with van der Waals surface area (Å²) >= 11 is 0. The Morgan fingerprint density at radius 3 is 2.86 bits per heavy atom. The van der Waals surface area contributed by atoms with Crippen molar-refractivity contribution in [2.45, 2.75) is 31.8 Å². The molecular weight excluding hydrogens is 444 g/mol. The Bertz CT molecular complexity index is 1210. The van der Waals surface area contributed by atoms with Gasteiger partial charge in [-0.1, -0.05) is 11.8 Å². The number of aliphatic hydroxyl groups is 1. The third-order valence-electron chi connectivity index (χ3n) is 6.66. The molecule has 1 fully saturated rings. The molecule has 1 saturated heterocycles. The van der Waals surface area contributed by atoms with Crippen molar-refractivity contribution in [3.05, 3.63) is 60.3 Å². The molecule has 0 radical (unpaired) electrons. The number of pyridine rings is 1. The van der Waals surface area contributed by atoms with E-state index in [1.54, 1.807) is 25.7 Å². The highest BCUT2D eigenvalue weighted by Crippen LogP contribution is 2.34. The first kappa shape index (κ1) is 24.6. The lowest BCUT2D eigenvalue weighted by molar-refractivity contribution is -0.139. The van der Waals surface area contributed by atoms with Crippen molar-refractivity contribution in [2.75, 3.05) is 26.7 Å². The summed E-state index contributed by atoms with van der Waals surface area (Å²) in [4.78, 5) is 26.1. The van der Waals surface area contributed by atoms with Gasteiger partial charge in [-0.3, -0.25) is 14.7 Å². The number of benzene rings is 1. The summed E-state index contributed by atoms with van der Waals surface area (Å²) in [5.41, 5.74) is 2.39. The van der Waals surface area contributed by atoms with Crippen LogP contribution in [0.5, 0.6) is 5.75 Å². The second kappa shape index (κ2) is 11.7. The number of nitrogens with zero attached hydrogens (tertiary/aromatic N) is 4. The fourth-order valence-electron chi connectivity index (χ4n) is 4.84. The van der Waals surface area contributed by atoms with E-state index in [0.717, 1.165) is 47.2 Å². The van der Waals surface area contributed by atoms with E-state index in [-0.39, 0.29) is 18.3 Å². The topological polar surface area (TPSA) is 109 Å². The number of likely N-dealkylation sites (tertiary alicyclic amines) is 1. The fourth-order valence-corrected chi connectivity index (χ4v) is 4.84. The monoisotopic (exact) mass is 474 g/mol. The van der Waals surface area contributed by atoms with E-state index in [1.807, 2.05) is 24.3 Å². The quantitative estimate of drug-likeness (QED) is 0.479. The molecule has 8 nitrogen and oxygen atoms in total. The van der Waals surface area contributed by atoms with E-state index in [0.29, 0.717) is 19.5 Å². The molecule has 0 saturated carbocycles. The van der Waals surface area contributed by atoms with E-state index >= 15 is 0 Å². The number of aromatic nitrogens is 3. The lowest BCUT2D eigenvalue weighted by Gasteiger charge is -2.37. The third kappa shape index (κ3) is 6.53. The van der Waals surface area contributed by atoms with Gasteiger partial charge in [-0.15, -0.1) is 0 Å². The van der Waals surface area contributed by atoms with Crippen LogP contribution in [0, 0.1) is 23.7 Å². The summed E-state index contributed by atoms with van der Waals surface area (Å²) < 4.78 is 5.34. The van der Waals surface area contributed by atoms with Gasteiger partial charge in [0.2, 0.25) is 0 Å². The SMILES string of the molecule is COc1ccc2nccc([C@H](O)CC[C@@H]3CCN(CC#Cc4cncnc4)C[C@@H]3CC(=O)O)c2c1. The number of aliphatic hydroxyl groups excluding tert-OH is 1. The first-order valence-corrected chi connectivity index (χ1v) is 11.8. The molecule has 3 aromatic rings. The van der Waals surface area contributed by atoms with E-state index in [4.69, 9.17) is 4.74 Å². The molecule has 2 aromatic heterocycles. The maximum atomic E-state index is 11.6. The normalized spacial score (nSPS) is 19.0. The van der Waals surface area contributed by atoms with Gasteiger partial charge in [0, 0.05) is 36.9 Å². The van der Waals surface area contributed by atoms with Gasteiger partial charge in [0.05, 0.1) is 30.8 Å². The molecule has 1 aliphatic heterocycles. The van der Waals surface area contributed by atoms with Crippen LogP contribution in [0.2, 0.25) is 0 Å². The minimum absolute atomic E-state index is 0.0181. The zero-order valence-electron chi connectivity index (χ0n) is 19.8. The predicted octanol–water partition coefficient (Wildman–Crippen LogP) is 3.31. The van der Waals surface area contributed by atoms with E-state index in [9.17, 15) is 15.0 Å². The van der Waals surface area contributed by atoms with Crippen LogP contribution in [0.25, 0.3) is 10.9 Å². The van der Waals surface area contributed by atoms with Crippen molar-refractivity contribution in [1.82, 2.24) is 19.9 Å². The molecule has 35 heavy (non-hydrogen) atoms. The highest BCUT2D eigenvalue weighted by Gasteiger charge is 2.31. The zero-order chi connectivity index (χ0) is 24.6. The van der Waals surface area contributed by atoms with Crippen LogP contribution < -0.4 is 4.74 Å². The van der Waals surface area contributed by atoms with Crippen LogP contribution >= 0.6 is 0 Å². The second-order valence-electron chi connectivity index (χ2n) is 8.95. The van der Waals surface area contributed by atoms with E-state index in [2.05, 4.69) is 31.7 Å². The molecule has 3 atom stereocenters. The Morgan fingerprint density at radius 2 is 2.09 bits per heavy atom. The number of carbonyl (C=O) groups is 1. The number of hydrogen-bond acceptors (Lipinski definition) is 7. The molecule has 0 unspecified atom stereocenters. The number of ether oxygens (including phenoxy) is 1. The van der Waals surface area contributed by atoms with Crippen LogP contribution in [0.1, 0.15) is 42.9 Å². The summed E-state index contributed by atoms with van der Waals surface area (Å²) in [6, 6.07) is 7.49. The van der Waals surface area contributed by atoms with Crippen molar-refractivity contribution < 1.29 is 19.7 Å². The summed E-state index contributed by atoms with van der Waals surface area (Å²) in [7, 11) is 1.62. The number of hydrogen-bond donors (Lipinski definition) is 2. The maximum Gasteiger partial charge on any atom is 0.303 e. The highest BCUT2D eigenvalue weighted by molar-refractivity contribution is 5.83. The summed E-state index contributed by atoms with van der Waals surface area (Å²) in [5, 5.41) is 21.4. The molecule has 8 heteroatoms. The molecule has 0 spiro atoms. The number of carboxylic acid groups (broad SMARTS) is 1. The molecule has 2 N–H and O–H groups in total. The van der Waals surface area contributed by atoms with Gasteiger partial charge in [0.25, 0.3) is 0 Å². The van der Waals surface area contributed by atoms with Gasteiger partial charge in [0.1, 0.15) is 12.1 Å². The number of aliphatic carboxylic acids is 1. The Kier molecular flexibility index (Phi) is 8.24. The highest BCUT2D eigenvalue weighted by atomic mass is 16.5. The second-order valence-corrected chi connectivity index (χ2v) is 8.95. The Labute approximate surface area is 205 Å². The molecule has 182 valence electrons. The maximum absolute atomic E-state index is 11.6. The standard InChI is InChI=1S/C27H30N4O4/c1-35-22-5-6-25-24(14-22)23(8-10-30-25)26(32)7-4-20-9-12-31(17-21(20)13-27(33)34)11-2-3-19-15-28-18-29-16-19/h5-6,8,10,14-16,18,20-21,26,32H,4,7,9,11-13,17H2,1H3,(H,33,34)/t20-,21+,26-/m1/s1. The van der Waals surface area contributed by atoms with Crippen molar-refractivity contribution in [3.8, 4) is 17.6 Å². The van der Waals surface area contributed by atoms with Gasteiger partial charge in [-0.2, -0.15) is 0 Å². The largest absolute Gasteiger partial charge is 0.497 e. The zero-order valence-corrected chi connectivity index (χ0v) is 19.8. The number of carboxylic acids is 1. The first-order valence-electron chi connectivity index (χ1n) is 11.8. The molecule has 1 aromatic carbocycles. The molecule has 3 heterocycles. The molecule has 4 rings (SSSR count). The van der Waals surface area contributed by atoms with Gasteiger partial charge in [-0.05, 0) is 67.5 Å². The first-order chi connectivity index (χ1) is 17.0. The lowest BCUT2D eigenvalue weighted by Crippen LogP contribution is -2.41. The van der Waals surface area contributed by atoms with Gasteiger partial charge in [-0.25, -0.2) is 9.97 Å². The summed E-state index contributed by atoms with van der Waals surface area (Å²) in [6.45, 7) is 2.11. The fraction of sp³-hybridized carbons (Fsp3) is 0.407. The van der Waals surface area contributed by atoms with E-state index in [1.165, 1.54) is 6.33 Å². The molecule has 0 bridgehead atoms. The van der Waals surface area contributed by atoms with Crippen LogP contribution in [0.3, 0.4) is 0 Å². The predicted molar refractivity (Wildman–Crippen MR) is 132 cm³/mol. The number of piperidine rings is 1. The van der Waals surface area contributed by atoms with E-state index < -0.39 is 12.1 Å². The van der Waals surface area contributed by atoms with Gasteiger partial charge in [0.15, 0.2) is 0 Å². The number of methoxy groups -OCH3 is 1. The lowest BCUT2D eigenvalue weighted by atomic mass is 9.79. The third-order valence-corrected chi connectivity index (χ3v) is 6.66.